The maximum atomic E-state index is 10.3. The van der Waals surface area contributed by atoms with Crippen LogP contribution >= 0.6 is 0 Å². The standard InChI is InChI=1S/C26H30O2/c1-15-11-23(19(5)25(27)17(15)3)13-21-7-9-22(10-8-21)14-24-12-16(2)18(4)26(28)20(24)6/h7-12,27-28H,13-14H2,1-6H3. The molecule has 0 fully saturated rings. The van der Waals surface area contributed by atoms with E-state index in [-0.39, 0.29) is 0 Å². The molecule has 0 amide bonds. The quantitative estimate of drug-likeness (QED) is 0.577. The Hall–Kier alpha value is -2.74. The van der Waals surface area contributed by atoms with E-state index in [1.54, 1.807) is 0 Å². The first-order chi connectivity index (χ1) is 13.2. The minimum atomic E-state index is 0.414. The third kappa shape index (κ3) is 3.77. The highest BCUT2D eigenvalue weighted by Gasteiger charge is 2.12. The molecule has 0 aromatic heterocycles. The number of phenols is 2. The van der Waals surface area contributed by atoms with Crippen LogP contribution in [0.15, 0.2) is 36.4 Å². The van der Waals surface area contributed by atoms with E-state index in [1.807, 2.05) is 41.5 Å². The summed E-state index contributed by atoms with van der Waals surface area (Å²) in [5.74, 6) is 0.827. The molecule has 0 spiro atoms. The number of hydrogen-bond donors (Lipinski definition) is 2. The first kappa shape index (κ1) is 20.0. The lowest BCUT2D eigenvalue weighted by molar-refractivity contribution is 0.465. The van der Waals surface area contributed by atoms with Gasteiger partial charge in [0.1, 0.15) is 11.5 Å². The van der Waals surface area contributed by atoms with Gasteiger partial charge in [-0.1, -0.05) is 36.4 Å². The van der Waals surface area contributed by atoms with Gasteiger partial charge < -0.3 is 10.2 Å². The second-order valence-corrected chi connectivity index (χ2v) is 8.07. The Labute approximate surface area is 168 Å². The van der Waals surface area contributed by atoms with Crippen molar-refractivity contribution in [3.8, 4) is 11.5 Å². The predicted molar refractivity (Wildman–Crippen MR) is 117 cm³/mol. The zero-order chi connectivity index (χ0) is 20.6. The molecule has 2 N–H and O–H groups in total. The molecule has 0 saturated heterocycles. The Morgan fingerprint density at radius 3 is 1.18 bits per heavy atom. The van der Waals surface area contributed by atoms with E-state index in [9.17, 15) is 10.2 Å². The topological polar surface area (TPSA) is 40.5 Å². The summed E-state index contributed by atoms with van der Waals surface area (Å²) in [7, 11) is 0. The third-order valence-electron chi connectivity index (χ3n) is 6.16. The third-order valence-corrected chi connectivity index (χ3v) is 6.16. The lowest BCUT2D eigenvalue weighted by Crippen LogP contribution is -1.98. The number of aryl methyl sites for hydroxylation is 2. The van der Waals surface area contributed by atoms with Gasteiger partial charge in [-0.2, -0.15) is 0 Å². The molecule has 3 rings (SSSR count). The molecule has 146 valence electrons. The summed E-state index contributed by atoms with van der Waals surface area (Å²) < 4.78 is 0. The van der Waals surface area contributed by atoms with Gasteiger partial charge in [0, 0.05) is 0 Å². The Morgan fingerprint density at radius 1 is 0.536 bits per heavy atom. The number of hydrogen-bond acceptors (Lipinski definition) is 2. The molecule has 3 aromatic carbocycles. The van der Waals surface area contributed by atoms with Crippen molar-refractivity contribution in [1.29, 1.82) is 0 Å². The molecule has 28 heavy (non-hydrogen) atoms. The zero-order valence-corrected chi connectivity index (χ0v) is 17.8. The summed E-state index contributed by atoms with van der Waals surface area (Å²) in [5.41, 5.74) is 10.9. The monoisotopic (exact) mass is 374 g/mol. The van der Waals surface area contributed by atoms with Gasteiger partial charge in [-0.15, -0.1) is 0 Å². The van der Waals surface area contributed by atoms with Gasteiger partial charge in [0.25, 0.3) is 0 Å². The molecule has 0 aliphatic rings. The second kappa shape index (κ2) is 7.71. The minimum Gasteiger partial charge on any atom is -0.507 e. The van der Waals surface area contributed by atoms with Crippen LogP contribution in [0.4, 0.5) is 0 Å². The molecular formula is C26H30O2. The molecule has 0 aliphatic heterocycles. The summed E-state index contributed by atoms with van der Waals surface area (Å²) in [5, 5.41) is 20.6. The van der Waals surface area contributed by atoms with Gasteiger partial charge in [0.2, 0.25) is 0 Å². The Morgan fingerprint density at radius 2 is 0.857 bits per heavy atom. The average Bonchev–Trinajstić information content (AvgIpc) is 2.68. The fraction of sp³-hybridized carbons (Fsp3) is 0.308. The average molecular weight is 375 g/mol. The normalized spacial score (nSPS) is 11.1. The van der Waals surface area contributed by atoms with E-state index in [1.165, 1.54) is 22.3 Å². The molecule has 0 bridgehead atoms. The predicted octanol–water partition coefficient (Wildman–Crippen LogP) is 6.13. The number of phenolic OH excluding ortho intramolecular Hbond substituents is 2. The Balaban J connectivity index is 1.82. The molecule has 0 atom stereocenters. The first-order valence-electron chi connectivity index (χ1n) is 9.84. The van der Waals surface area contributed by atoms with E-state index in [4.69, 9.17) is 0 Å². The van der Waals surface area contributed by atoms with Crippen LogP contribution in [0.25, 0.3) is 0 Å². The van der Waals surface area contributed by atoms with Crippen LogP contribution in [0.5, 0.6) is 11.5 Å². The summed E-state index contributed by atoms with van der Waals surface area (Å²) in [6, 6.07) is 13.0. The first-order valence-corrected chi connectivity index (χ1v) is 9.84. The fourth-order valence-corrected chi connectivity index (χ4v) is 3.78. The van der Waals surface area contributed by atoms with Crippen molar-refractivity contribution >= 4 is 0 Å². The second-order valence-electron chi connectivity index (χ2n) is 8.07. The molecule has 0 aliphatic carbocycles. The Bertz CT molecular complexity index is 943. The molecule has 0 unspecified atom stereocenters. The van der Waals surface area contributed by atoms with E-state index in [2.05, 4.69) is 36.4 Å². The van der Waals surface area contributed by atoms with E-state index in [0.717, 1.165) is 46.2 Å². The highest BCUT2D eigenvalue weighted by atomic mass is 16.3. The van der Waals surface area contributed by atoms with Crippen molar-refractivity contribution in [2.24, 2.45) is 0 Å². The summed E-state index contributed by atoms with van der Waals surface area (Å²) in [6.45, 7) is 12.0. The van der Waals surface area contributed by atoms with Crippen molar-refractivity contribution < 1.29 is 10.2 Å². The van der Waals surface area contributed by atoms with Crippen molar-refractivity contribution in [2.45, 2.75) is 54.4 Å². The molecule has 0 heterocycles. The molecule has 2 heteroatoms. The molecule has 3 aromatic rings. The van der Waals surface area contributed by atoms with E-state index < -0.39 is 0 Å². The summed E-state index contributed by atoms with van der Waals surface area (Å²) in [4.78, 5) is 0. The Kier molecular flexibility index (Phi) is 5.51. The number of aromatic hydroxyl groups is 2. The van der Waals surface area contributed by atoms with Crippen LogP contribution in [0, 0.1) is 41.5 Å². The van der Waals surface area contributed by atoms with Crippen LogP contribution in [0.2, 0.25) is 0 Å². The summed E-state index contributed by atoms with van der Waals surface area (Å²) in [6.07, 6.45) is 1.62. The van der Waals surface area contributed by atoms with Crippen molar-refractivity contribution in [1.82, 2.24) is 0 Å². The lowest BCUT2D eigenvalue weighted by atomic mass is 9.92. The van der Waals surface area contributed by atoms with Gasteiger partial charge in [-0.05, 0) is 110 Å². The lowest BCUT2D eigenvalue weighted by Gasteiger charge is -2.14. The van der Waals surface area contributed by atoms with Gasteiger partial charge >= 0.3 is 0 Å². The molecular weight excluding hydrogens is 344 g/mol. The van der Waals surface area contributed by atoms with E-state index >= 15 is 0 Å². The zero-order valence-electron chi connectivity index (χ0n) is 17.8. The number of benzene rings is 3. The number of rotatable bonds is 4. The molecule has 2 nitrogen and oxygen atoms in total. The van der Waals surface area contributed by atoms with Crippen molar-refractivity contribution in [2.75, 3.05) is 0 Å². The molecule has 0 saturated carbocycles. The van der Waals surface area contributed by atoms with Crippen LogP contribution in [-0.2, 0) is 12.8 Å². The van der Waals surface area contributed by atoms with Gasteiger partial charge in [0.15, 0.2) is 0 Å². The van der Waals surface area contributed by atoms with Gasteiger partial charge in [0.05, 0.1) is 0 Å². The maximum Gasteiger partial charge on any atom is 0.121 e. The van der Waals surface area contributed by atoms with Crippen LogP contribution in [0.3, 0.4) is 0 Å². The summed E-state index contributed by atoms with van der Waals surface area (Å²) >= 11 is 0. The van der Waals surface area contributed by atoms with Crippen LogP contribution < -0.4 is 0 Å². The van der Waals surface area contributed by atoms with Gasteiger partial charge in [-0.25, -0.2) is 0 Å². The van der Waals surface area contributed by atoms with Crippen LogP contribution in [-0.4, -0.2) is 10.2 Å². The largest absolute Gasteiger partial charge is 0.507 e. The SMILES string of the molecule is Cc1cc(Cc2ccc(Cc3cc(C)c(C)c(O)c3C)cc2)c(C)c(O)c1C. The maximum absolute atomic E-state index is 10.3. The molecule has 0 radical (unpaired) electrons. The fourth-order valence-electron chi connectivity index (χ4n) is 3.78. The smallest absolute Gasteiger partial charge is 0.121 e. The highest BCUT2D eigenvalue weighted by molar-refractivity contribution is 5.51. The van der Waals surface area contributed by atoms with Crippen LogP contribution in [0.1, 0.15) is 55.6 Å². The minimum absolute atomic E-state index is 0.414. The van der Waals surface area contributed by atoms with Gasteiger partial charge in [-0.3, -0.25) is 0 Å². The highest BCUT2D eigenvalue weighted by Crippen LogP contribution is 2.31. The van der Waals surface area contributed by atoms with Crippen molar-refractivity contribution in [3.63, 3.8) is 0 Å². The van der Waals surface area contributed by atoms with E-state index in [0.29, 0.717) is 11.5 Å². The van der Waals surface area contributed by atoms with Crippen molar-refractivity contribution in [3.05, 3.63) is 92.0 Å².